The van der Waals surface area contributed by atoms with E-state index in [1.165, 1.54) is 16.8 Å². The Kier molecular flexibility index (Phi) is 2.47. The Hall–Kier alpha value is -2.37. The van der Waals surface area contributed by atoms with Crippen LogP contribution in [-0.2, 0) is 6.54 Å². The van der Waals surface area contributed by atoms with Gasteiger partial charge in [0.2, 0.25) is 5.95 Å². The molecule has 0 aliphatic rings. The van der Waals surface area contributed by atoms with Gasteiger partial charge in [-0.3, -0.25) is 0 Å². The van der Waals surface area contributed by atoms with Gasteiger partial charge in [0, 0.05) is 0 Å². The zero-order valence-electron chi connectivity index (χ0n) is 9.72. The zero-order valence-corrected chi connectivity index (χ0v) is 9.72. The van der Waals surface area contributed by atoms with Crippen molar-refractivity contribution in [2.75, 3.05) is 5.32 Å². The lowest BCUT2D eigenvalue weighted by Gasteiger charge is -1.97. The van der Waals surface area contributed by atoms with E-state index in [9.17, 15) is 4.39 Å². The summed E-state index contributed by atoms with van der Waals surface area (Å²) in [5.74, 6) is 1.75. The average Bonchev–Trinajstić information content (AvgIpc) is 2.92. The molecule has 1 N–H and O–H groups in total. The molecule has 0 amide bonds. The van der Waals surface area contributed by atoms with E-state index in [4.69, 9.17) is 4.42 Å². The summed E-state index contributed by atoms with van der Waals surface area (Å²) in [6.45, 7) is 2.38. The fourth-order valence-corrected chi connectivity index (χ4v) is 1.68. The number of nitrogens with zero attached hydrogens (tertiary/aromatic N) is 3. The number of hydrogen-bond donors (Lipinski definition) is 1. The summed E-state index contributed by atoms with van der Waals surface area (Å²) in [7, 11) is 0. The van der Waals surface area contributed by atoms with E-state index in [1.807, 2.05) is 19.1 Å². The number of pyridine rings is 1. The second kappa shape index (κ2) is 4.14. The molecule has 0 radical (unpaired) electrons. The molecule has 6 heteroatoms. The summed E-state index contributed by atoms with van der Waals surface area (Å²) >= 11 is 0. The highest BCUT2D eigenvalue weighted by Gasteiger charge is 2.05. The van der Waals surface area contributed by atoms with Gasteiger partial charge in [0.05, 0.1) is 12.7 Å². The zero-order chi connectivity index (χ0) is 12.5. The van der Waals surface area contributed by atoms with E-state index in [2.05, 4.69) is 15.4 Å². The van der Waals surface area contributed by atoms with E-state index in [-0.39, 0.29) is 5.82 Å². The van der Waals surface area contributed by atoms with Crippen molar-refractivity contribution in [1.29, 1.82) is 0 Å². The number of halogens is 1. The Morgan fingerprint density at radius 2 is 2.22 bits per heavy atom. The van der Waals surface area contributed by atoms with Crippen LogP contribution in [0.2, 0.25) is 0 Å². The first-order chi connectivity index (χ1) is 8.70. The molecule has 0 fully saturated rings. The summed E-state index contributed by atoms with van der Waals surface area (Å²) in [5, 5.41) is 7.13. The molecule has 0 unspecified atom stereocenters. The maximum Gasteiger partial charge on any atom is 0.243 e. The van der Waals surface area contributed by atoms with E-state index >= 15 is 0 Å². The first-order valence-corrected chi connectivity index (χ1v) is 5.52. The molecular weight excluding hydrogens is 235 g/mol. The second-order valence-electron chi connectivity index (χ2n) is 3.95. The van der Waals surface area contributed by atoms with E-state index < -0.39 is 0 Å². The molecule has 3 aromatic rings. The number of fused-ring (bicyclic) bond motifs is 1. The number of aromatic nitrogens is 3. The van der Waals surface area contributed by atoms with Crippen LogP contribution >= 0.6 is 0 Å². The van der Waals surface area contributed by atoms with Crippen molar-refractivity contribution in [3.05, 3.63) is 47.8 Å². The van der Waals surface area contributed by atoms with Crippen LogP contribution in [0.5, 0.6) is 0 Å². The molecule has 0 saturated heterocycles. The fraction of sp³-hybridized carbons (Fsp3) is 0.167. The number of hydrogen-bond acceptors (Lipinski definition) is 4. The average molecular weight is 246 g/mol. The number of aryl methyl sites for hydroxylation is 1. The highest BCUT2D eigenvalue weighted by Crippen LogP contribution is 2.10. The number of nitrogens with one attached hydrogen (secondary N) is 1. The minimum absolute atomic E-state index is 0.347. The molecule has 0 aliphatic heterocycles. The molecule has 5 nitrogen and oxygen atoms in total. The van der Waals surface area contributed by atoms with Gasteiger partial charge in [-0.05, 0) is 31.2 Å². The van der Waals surface area contributed by atoms with Crippen molar-refractivity contribution >= 4 is 11.6 Å². The van der Waals surface area contributed by atoms with Gasteiger partial charge in [0.15, 0.2) is 5.65 Å². The molecule has 0 atom stereocenters. The maximum absolute atomic E-state index is 13.0. The Morgan fingerprint density at radius 3 is 3.00 bits per heavy atom. The summed E-state index contributed by atoms with van der Waals surface area (Å²) in [4.78, 5) is 4.21. The van der Waals surface area contributed by atoms with Crippen LogP contribution in [0.3, 0.4) is 0 Å². The Bertz CT molecular complexity index is 688. The molecule has 0 aliphatic carbocycles. The maximum atomic E-state index is 13.0. The molecule has 0 aromatic carbocycles. The lowest BCUT2D eigenvalue weighted by Crippen LogP contribution is -2.00. The van der Waals surface area contributed by atoms with Crippen LogP contribution in [0.15, 0.2) is 34.9 Å². The van der Waals surface area contributed by atoms with Crippen molar-refractivity contribution in [1.82, 2.24) is 14.6 Å². The lowest BCUT2D eigenvalue weighted by molar-refractivity contribution is 0.490. The normalized spacial score (nSPS) is 11.0. The summed E-state index contributed by atoms with van der Waals surface area (Å²) in [6, 6.07) is 6.70. The van der Waals surface area contributed by atoms with Crippen LogP contribution in [0.1, 0.15) is 11.5 Å². The van der Waals surface area contributed by atoms with E-state index in [1.54, 1.807) is 6.07 Å². The van der Waals surface area contributed by atoms with Crippen LogP contribution in [0.4, 0.5) is 10.3 Å². The molecule has 0 spiro atoms. The highest BCUT2D eigenvalue weighted by atomic mass is 19.1. The predicted octanol–water partition coefficient (Wildman–Crippen LogP) is 2.38. The minimum atomic E-state index is -0.347. The molecular formula is C12H11FN4O. The quantitative estimate of drug-likeness (QED) is 0.770. The van der Waals surface area contributed by atoms with Crippen molar-refractivity contribution in [2.45, 2.75) is 13.5 Å². The summed E-state index contributed by atoms with van der Waals surface area (Å²) in [5.41, 5.74) is 0.592. The fourth-order valence-electron chi connectivity index (χ4n) is 1.68. The van der Waals surface area contributed by atoms with Crippen molar-refractivity contribution in [2.24, 2.45) is 0 Å². The number of anilines is 1. The van der Waals surface area contributed by atoms with E-state index in [0.29, 0.717) is 18.1 Å². The first-order valence-electron chi connectivity index (χ1n) is 5.52. The van der Waals surface area contributed by atoms with Crippen LogP contribution in [0, 0.1) is 12.7 Å². The van der Waals surface area contributed by atoms with Crippen molar-refractivity contribution in [3.8, 4) is 0 Å². The Labute approximate surface area is 102 Å². The van der Waals surface area contributed by atoms with Gasteiger partial charge in [-0.25, -0.2) is 8.91 Å². The van der Waals surface area contributed by atoms with Crippen molar-refractivity contribution < 1.29 is 8.81 Å². The lowest BCUT2D eigenvalue weighted by atomic mass is 10.4. The van der Waals surface area contributed by atoms with Crippen LogP contribution in [0.25, 0.3) is 5.65 Å². The van der Waals surface area contributed by atoms with Crippen LogP contribution in [-0.4, -0.2) is 14.6 Å². The molecule has 3 rings (SSSR count). The molecule has 3 aromatic heterocycles. The van der Waals surface area contributed by atoms with Gasteiger partial charge in [-0.1, -0.05) is 0 Å². The largest absolute Gasteiger partial charge is 0.465 e. The van der Waals surface area contributed by atoms with E-state index in [0.717, 1.165) is 11.5 Å². The van der Waals surface area contributed by atoms with Gasteiger partial charge in [-0.15, -0.1) is 5.10 Å². The molecule has 3 heterocycles. The molecule has 92 valence electrons. The summed E-state index contributed by atoms with van der Waals surface area (Å²) in [6.07, 6.45) is 1.28. The highest BCUT2D eigenvalue weighted by molar-refractivity contribution is 5.43. The Morgan fingerprint density at radius 1 is 1.33 bits per heavy atom. The van der Waals surface area contributed by atoms with Gasteiger partial charge in [-0.2, -0.15) is 4.98 Å². The predicted molar refractivity (Wildman–Crippen MR) is 63.7 cm³/mol. The standard InChI is InChI=1S/C12H11FN4O/c1-8-2-4-10(18-8)6-14-12-15-11-5-3-9(13)7-17(11)16-12/h2-5,7H,6H2,1H3,(H,14,16). The van der Waals surface area contributed by atoms with Gasteiger partial charge in [0.1, 0.15) is 17.3 Å². The number of furan rings is 1. The first kappa shape index (κ1) is 10.8. The third-order valence-electron chi connectivity index (χ3n) is 2.51. The molecule has 0 saturated carbocycles. The molecule has 18 heavy (non-hydrogen) atoms. The third kappa shape index (κ3) is 2.04. The SMILES string of the molecule is Cc1ccc(CNc2nc3ccc(F)cn3n2)o1. The Balaban J connectivity index is 1.78. The minimum Gasteiger partial charge on any atom is -0.465 e. The van der Waals surface area contributed by atoms with Crippen LogP contribution < -0.4 is 5.32 Å². The monoisotopic (exact) mass is 246 g/mol. The molecule has 0 bridgehead atoms. The third-order valence-corrected chi connectivity index (χ3v) is 2.51. The van der Waals surface area contributed by atoms with Gasteiger partial charge >= 0.3 is 0 Å². The smallest absolute Gasteiger partial charge is 0.243 e. The summed E-state index contributed by atoms with van der Waals surface area (Å²) < 4.78 is 19.8. The van der Waals surface area contributed by atoms with Gasteiger partial charge < -0.3 is 9.73 Å². The number of rotatable bonds is 3. The topological polar surface area (TPSA) is 55.4 Å². The van der Waals surface area contributed by atoms with Crippen molar-refractivity contribution in [3.63, 3.8) is 0 Å². The second-order valence-corrected chi connectivity index (χ2v) is 3.95. The van der Waals surface area contributed by atoms with Gasteiger partial charge in [0.25, 0.3) is 0 Å².